The van der Waals surface area contributed by atoms with Gasteiger partial charge in [0.2, 0.25) is 0 Å². The Morgan fingerprint density at radius 3 is 2.62 bits per heavy atom. The molecule has 0 spiro atoms. The summed E-state index contributed by atoms with van der Waals surface area (Å²) in [4.78, 5) is 18.1. The van der Waals surface area contributed by atoms with Gasteiger partial charge in [0.15, 0.2) is 15.0 Å². The predicted octanol–water partition coefficient (Wildman–Crippen LogP) is 2.08. The largest absolute Gasteiger partial charge is 0.342 e. The van der Waals surface area contributed by atoms with Crippen molar-refractivity contribution < 1.29 is 17.6 Å². The van der Waals surface area contributed by atoms with Crippen molar-refractivity contribution in [3.05, 3.63) is 35.6 Å². The van der Waals surface area contributed by atoms with E-state index < -0.39 is 9.84 Å². The summed E-state index contributed by atoms with van der Waals surface area (Å²) in [5, 5.41) is 0.470. The summed E-state index contributed by atoms with van der Waals surface area (Å²) in [6, 6.07) is 5.88. The minimum Gasteiger partial charge on any atom is -0.342 e. The van der Waals surface area contributed by atoms with E-state index >= 15 is 0 Å². The van der Waals surface area contributed by atoms with Crippen LogP contribution in [0.2, 0.25) is 0 Å². The van der Waals surface area contributed by atoms with Crippen molar-refractivity contribution in [1.82, 2.24) is 4.90 Å². The molecule has 2 saturated heterocycles. The van der Waals surface area contributed by atoms with Crippen molar-refractivity contribution in [2.24, 2.45) is 10.9 Å². The van der Waals surface area contributed by atoms with E-state index in [-0.39, 0.29) is 40.4 Å². The SMILES string of the molecule is CC(C)C(=O)N=C1S[C@H]2CS(=O)(=O)C[C@H]2N1Cc1ccc(F)cc1. The molecule has 2 heterocycles. The number of halogens is 1. The van der Waals surface area contributed by atoms with Crippen LogP contribution < -0.4 is 0 Å². The van der Waals surface area contributed by atoms with Crippen molar-refractivity contribution in [3.63, 3.8) is 0 Å². The molecule has 8 heteroatoms. The molecule has 2 atom stereocenters. The Balaban J connectivity index is 1.89. The first kappa shape index (κ1) is 17.4. The molecule has 2 aliphatic rings. The summed E-state index contributed by atoms with van der Waals surface area (Å²) in [7, 11) is -3.07. The molecule has 24 heavy (non-hydrogen) atoms. The Morgan fingerprint density at radius 2 is 2.00 bits per heavy atom. The third-order valence-corrected chi connectivity index (χ3v) is 7.39. The molecule has 0 radical (unpaired) electrons. The number of fused-ring (bicyclic) bond motifs is 1. The van der Waals surface area contributed by atoms with E-state index in [1.54, 1.807) is 26.0 Å². The minimum absolute atomic E-state index is 0.0702. The van der Waals surface area contributed by atoms with Crippen LogP contribution in [0.15, 0.2) is 29.3 Å². The number of carbonyl (C=O) groups excluding carboxylic acids is 1. The van der Waals surface area contributed by atoms with Gasteiger partial charge in [0.05, 0.1) is 17.5 Å². The topological polar surface area (TPSA) is 66.8 Å². The smallest absolute Gasteiger partial charge is 0.250 e. The van der Waals surface area contributed by atoms with Crippen LogP contribution in [0.1, 0.15) is 19.4 Å². The molecule has 5 nitrogen and oxygen atoms in total. The third kappa shape index (κ3) is 3.64. The maximum atomic E-state index is 13.1. The summed E-state index contributed by atoms with van der Waals surface area (Å²) >= 11 is 1.36. The third-order valence-electron chi connectivity index (χ3n) is 4.14. The second kappa shape index (κ2) is 6.48. The highest BCUT2D eigenvalue weighted by Crippen LogP contribution is 2.39. The fraction of sp³-hybridized carbons (Fsp3) is 0.500. The highest BCUT2D eigenvalue weighted by molar-refractivity contribution is 8.15. The van der Waals surface area contributed by atoms with Crippen LogP contribution in [-0.4, -0.2) is 47.2 Å². The van der Waals surface area contributed by atoms with Gasteiger partial charge in [-0.3, -0.25) is 4.79 Å². The zero-order chi connectivity index (χ0) is 17.5. The molecule has 1 amide bonds. The monoisotopic (exact) mass is 370 g/mol. The zero-order valence-electron chi connectivity index (χ0n) is 13.5. The number of thioether (sulfide) groups is 1. The van der Waals surface area contributed by atoms with E-state index in [0.29, 0.717) is 11.7 Å². The Morgan fingerprint density at radius 1 is 1.33 bits per heavy atom. The van der Waals surface area contributed by atoms with Crippen LogP contribution >= 0.6 is 11.8 Å². The van der Waals surface area contributed by atoms with E-state index in [4.69, 9.17) is 0 Å². The number of hydrogen-bond donors (Lipinski definition) is 0. The fourth-order valence-electron chi connectivity index (χ4n) is 2.83. The maximum Gasteiger partial charge on any atom is 0.250 e. The van der Waals surface area contributed by atoms with Gasteiger partial charge in [0.25, 0.3) is 5.91 Å². The van der Waals surface area contributed by atoms with Gasteiger partial charge >= 0.3 is 0 Å². The van der Waals surface area contributed by atoms with Gasteiger partial charge in [-0.2, -0.15) is 4.99 Å². The molecule has 0 aromatic heterocycles. The van der Waals surface area contributed by atoms with Gasteiger partial charge in [0.1, 0.15) is 5.82 Å². The molecular formula is C16H19FN2O3S2. The molecule has 2 fully saturated rings. The normalized spacial score (nSPS) is 27.0. The van der Waals surface area contributed by atoms with Crippen LogP contribution in [-0.2, 0) is 21.2 Å². The lowest BCUT2D eigenvalue weighted by Crippen LogP contribution is -2.37. The summed E-state index contributed by atoms with van der Waals surface area (Å²) in [6.45, 7) is 3.97. The van der Waals surface area contributed by atoms with Crippen LogP contribution in [0.3, 0.4) is 0 Å². The maximum absolute atomic E-state index is 13.1. The number of nitrogens with zero attached hydrogens (tertiary/aromatic N) is 2. The second-order valence-corrected chi connectivity index (χ2v) is 9.80. The number of benzene rings is 1. The van der Waals surface area contributed by atoms with Crippen molar-refractivity contribution in [2.45, 2.75) is 31.7 Å². The van der Waals surface area contributed by atoms with Crippen LogP contribution in [0, 0.1) is 11.7 Å². The first-order chi connectivity index (χ1) is 11.2. The first-order valence-corrected chi connectivity index (χ1v) is 10.5. The summed E-state index contributed by atoms with van der Waals surface area (Å²) in [6.07, 6.45) is 0. The summed E-state index contributed by atoms with van der Waals surface area (Å²) in [5.74, 6) is -0.572. The van der Waals surface area contributed by atoms with E-state index in [2.05, 4.69) is 4.99 Å². The van der Waals surface area contributed by atoms with Gasteiger partial charge in [-0.25, -0.2) is 12.8 Å². The Labute approximate surface area is 145 Å². The molecular weight excluding hydrogens is 351 g/mol. The highest BCUT2D eigenvalue weighted by Gasteiger charge is 2.48. The first-order valence-electron chi connectivity index (χ1n) is 7.76. The van der Waals surface area contributed by atoms with Crippen molar-refractivity contribution in [3.8, 4) is 0 Å². The van der Waals surface area contributed by atoms with E-state index in [1.165, 1.54) is 23.9 Å². The average Bonchev–Trinajstić information content (AvgIpc) is 2.94. The number of amides is 1. The Kier molecular flexibility index (Phi) is 4.70. The fourth-order valence-corrected chi connectivity index (χ4v) is 6.79. The Hall–Kier alpha value is -1.41. The van der Waals surface area contributed by atoms with Crippen LogP contribution in [0.4, 0.5) is 4.39 Å². The lowest BCUT2D eigenvalue weighted by atomic mass is 10.1. The highest BCUT2D eigenvalue weighted by atomic mass is 32.2. The van der Waals surface area contributed by atoms with Gasteiger partial charge in [-0.05, 0) is 17.7 Å². The number of rotatable bonds is 3. The molecule has 0 aliphatic carbocycles. The second-order valence-electron chi connectivity index (χ2n) is 6.44. The van der Waals surface area contributed by atoms with Gasteiger partial charge < -0.3 is 4.90 Å². The number of aliphatic imine (C=N–C) groups is 1. The van der Waals surface area contributed by atoms with Crippen LogP contribution in [0.5, 0.6) is 0 Å². The molecule has 2 aliphatic heterocycles. The number of hydrogen-bond acceptors (Lipinski definition) is 4. The molecule has 0 N–H and O–H groups in total. The lowest BCUT2D eigenvalue weighted by Gasteiger charge is -2.24. The van der Waals surface area contributed by atoms with E-state index in [9.17, 15) is 17.6 Å². The molecule has 3 rings (SSSR count). The molecule has 1 aromatic rings. The average molecular weight is 370 g/mol. The number of carbonyl (C=O) groups is 1. The van der Waals surface area contributed by atoms with Crippen molar-refractivity contribution >= 4 is 32.7 Å². The quantitative estimate of drug-likeness (QED) is 0.815. The van der Waals surface area contributed by atoms with Crippen molar-refractivity contribution in [1.29, 1.82) is 0 Å². The standard InChI is InChI=1S/C16H19FN2O3S2/c1-10(2)15(20)18-16-19(7-11-3-5-12(17)6-4-11)13-8-24(21,22)9-14(13)23-16/h3-6,10,13-14H,7-9H2,1-2H3/t13-,14+/m1/s1. The lowest BCUT2D eigenvalue weighted by molar-refractivity contribution is -0.120. The van der Waals surface area contributed by atoms with Gasteiger partial charge in [-0.1, -0.05) is 37.7 Å². The van der Waals surface area contributed by atoms with Gasteiger partial charge in [0, 0.05) is 17.7 Å². The van der Waals surface area contributed by atoms with Crippen LogP contribution in [0.25, 0.3) is 0 Å². The Bertz CT molecular complexity index is 775. The van der Waals surface area contributed by atoms with Gasteiger partial charge in [-0.15, -0.1) is 0 Å². The molecule has 0 saturated carbocycles. The molecule has 0 unspecified atom stereocenters. The summed E-state index contributed by atoms with van der Waals surface area (Å²) in [5.41, 5.74) is 0.853. The number of amidine groups is 1. The predicted molar refractivity (Wildman–Crippen MR) is 93.0 cm³/mol. The van der Waals surface area contributed by atoms with E-state index in [0.717, 1.165) is 5.56 Å². The summed E-state index contributed by atoms with van der Waals surface area (Å²) < 4.78 is 36.9. The van der Waals surface area contributed by atoms with E-state index in [1.807, 2.05) is 4.90 Å². The molecule has 1 aromatic carbocycles. The molecule has 130 valence electrons. The van der Waals surface area contributed by atoms with Crippen molar-refractivity contribution in [2.75, 3.05) is 11.5 Å². The number of sulfone groups is 1. The molecule has 0 bridgehead atoms. The minimum atomic E-state index is -3.07. The zero-order valence-corrected chi connectivity index (χ0v) is 15.1.